The fraction of sp³-hybridized carbons (Fsp3) is 0.500. The van der Waals surface area contributed by atoms with Crippen molar-refractivity contribution < 1.29 is 4.79 Å². The van der Waals surface area contributed by atoms with E-state index in [0.29, 0.717) is 16.5 Å². The lowest BCUT2D eigenvalue weighted by Crippen LogP contribution is -2.45. The summed E-state index contributed by atoms with van der Waals surface area (Å²) >= 11 is 5.94. The Balaban J connectivity index is 2.11. The van der Waals surface area contributed by atoms with E-state index in [9.17, 15) is 4.79 Å². The van der Waals surface area contributed by atoms with Gasteiger partial charge in [-0.05, 0) is 38.7 Å². The number of halogens is 1. The van der Waals surface area contributed by atoms with Crippen LogP contribution >= 0.6 is 11.6 Å². The Morgan fingerprint density at radius 2 is 2.25 bits per heavy atom. The molecule has 1 aromatic heterocycles. The van der Waals surface area contributed by atoms with E-state index in [0.717, 1.165) is 0 Å². The first kappa shape index (κ1) is 11.4. The van der Waals surface area contributed by atoms with Gasteiger partial charge in [-0.25, -0.2) is 0 Å². The summed E-state index contributed by atoms with van der Waals surface area (Å²) in [4.78, 5) is 15.9. The molecule has 1 aromatic rings. The lowest BCUT2D eigenvalue weighted by Gasteiger charge is -2.26. The fourth-order valence-corrected chi connectivity index (χ4v) is 2.00. The summed E-state index contributed by atoms with van der Waals surface area (Å²) in [6, 6.07) is 1.63. The van der Waals surface area contributed by atoms with Gasteiger partial charge < -0.3 is 5.32 Å². The SMILES string of the molecule is CC(C)(NC(=O)c1cnccc1Cl)C1CC1. The highest BCUT2D eigenvalue weighted by Crippen LogP contribution is 2.39. The van der Waals surface area contributed by atoms with Crippen LogP contribution in [0.4, 0.5) is 0 Å². The van der Waals surface area contributed by atoms with Gasteiger partial charge in [0.1, 0.15) is 0 Å². The number of nitrogens with zero attached hydrogens (tertiary/aromatic N) is 1. The van der Waals surface area contributed by atoms with Gasteiger partial charge in [-0.1, -0.05) is 11.6 Å². The van der Waals surface area contributed by atoms with Crippen LogP contribution in [0.5, 0.6) is 0 Å². The topological polar surface area (TPSA) is 42.0 Å². The van der Waals surface area contributed by atoms with E-state index in [1.54, 1.807) is 12.3 Å². The van der Waals surface area contributed by atoms with E-state index in [1.165, 1.54) is 19.0 Å². The number of carbonyl (C=O) groups excluding carboxylic acids is 1. The van der Waals surface area contributed by atoms with Crippen molar-refractivity contribution in [3.05, 3.63) is 29.0 Å². The minimum absolute atomic E-state index is 0.144. The minimum atomic E-state index is -0.156. The van der Waals surface area contributed by atoms with Crippen molar-refractivity contribution in [2.45, 2.75) is 32.2 Å². The third kappa shape index (κ3) is 2.35. The van der Waals surface area contributed by atoms with Crippen LogP contribution in [0, 0.1) is 5.92 Å². The molecule has 1 N–H and O–H groups in total. The third-order valence-corrected chi connectivity index (χ3v) is 3.38. The molecule has 1 aliphatic carbocycles. The summed E-state index contributed by atoms with van der Waals surface area (Å²) in [7, 11) is 0. The zero-order valence-electron chi connectivity index (χ0n) is 9.46. The number of nitrogens with one attached hydrogen (secondary N) is 1. The first-order valence-electron chi connectivity index (χ1n) is 5.43. The van der Waals surface area contributed by atoms with Crippen LogP contribution in [-0.2, 0) is 0 Å². The first-order valence-corrected chi connectivity index (χ1v) is 5.80. The molecule has 2 rings (SSSR count). The molecular weight excluding hydrogens is 224 g/mol. The Morgan fingerprint density at radius 3 is 2.81 bits per heavy atom. The molecule has 0 bridgehead atoms. The number of aromatic nitrogens is 1. The molecule has 0 radical (unpaired) electrons. The normalized spacial score (nSPS) is 15.9. The van der Waals surface area contributed by atoms with Gasteiger partial charge in [-0.3, -0.25) is 9.78 Å². The van der Waals surface area contributed by atoms with Crippen molar-refractivity contribution in [3.8, 4) is 0 Å². The second-order valence-corrected chi connectivity index (χ2v) is 5.21. The van der Waals surface area contributed by atoms with E-state index < -0.39 is 0 Å². The van der Waals surface area contributed by atoms with Crippen LogP contribution in [-0.4, -0.2) is 16.4 Å². The van der Waals surface area contributed by atoms with Crippen molar-refractivity contribution in [2.24, 2.45) is 5.92 Å². The summed E-state index contributed by atoms with van der Waals surface area (Å²) in [6.07, 6.45) is 5.45. The Bertz CT molecular complexity index is 413. The first-order chi connectivity index (χ1) is 7.50. The molecular formula is C12H15ClN2O. The minimum Gasteiger partial charge on any atom is -0.347 e. The van der Waals surface area contributed by atoms with E-state index in [-0.39, 0.29) is 11.4 Å². The number of pyridine rings is 1. The molecule has 1 saturated carbocycles. The van der Waals surface area contributed by atoms with Crippen molar-refractivity contribution in [1.82, 2.24) is 10.3 Å². The average Bonchev–Trinajstić information content (AvgIpc) is 3.00. The lowest BCUT2D eigenvalue weighted by molar-refractivity contribution is 0.0903. The van der Waals surface area contributed by atoms with Gasteiger partial charge in [0.15, 0.2) is 0 Å². The zero-order chi connectivity index (χ0) is 11.8. The van der Waals surface area contributed by atoms with E-state index in [1.807, 2.05) is 13.8 Å². The molecule has 86 valence electrons. The highest BCUT2D eigenvalue weighted by molar-refractivity contribution is 6.33. The highest BCUT2D eigenvalue weighted by atomic mass is 35.5. The van der Waals surface area contributed by atoms with Crippen molar-refractivity contribution in [1.29, 1.82) is 0 Å². The van der Waals surface area contributed by atoms with Gasteiger partial charge >= 0.3 is 0 Å². The second-order valence-electron chi connectivity index (χ2n) is 4.81. The summed E-state index contributed by atoms with van der Waals surface area (Å²) < 4.78 is 0. The van der Waals surface area contributed by atoms with Gasteiger partial charge in [0.05, 0.1) is 10.6 Å². The summed E-state index contributed by atoms with van der Waals surface area (Å²) in [5.41, 5.74) is 0.286. The van der Waals surface area contributed by atoms with E-state index >= 15 is 0 Å². The van der Waals surface area contributed by atoms with Crippen LogP contribution < -0.4 is 5.32 Å². The third-order valence-electron chi connectivity index (χ3n) is 3.05. The predicted molar refractivity (Wildman–Crippen MR) is 63.5 cm³/mol. The highest BCUT2D eigenvalue weighted by Gasteiger charge is 2.39. The number of rotatable bonds is 3. The molecule has 0 aliphatic heterocycles. The molecule has 0 aromatic carbocycles. The van der Waals surface area contributed by atoms with Crippen LogP contribution in [0.2, 0.25) is 5.02 Å². The number of amides is 1. The monoisotopic (exact) mass is 238 g/mol. The summed E-state index contributed by atoms with van der Waals surface area (Å²) in [6.45, 7) is 4.10. The number of carbonyl (C=O) groups is 1. The molecule has 0 saturated heterocycles. The lowest BCUT2D eigenvalue weighted by atomic mass is 9.98. The Morgan fingerprint density at radius 1 is 1.56 bits per heavy atom. The molecule has 3 nitrogen and oxygen atoms in total. The van der Waals surface area contributed by atoms with E-state index in [2.05, 4.69) is 10.3 Å². The molecule has 1 amide bonds. The van der Waals surface area contributed by atoms with Crippen molar-refractivity contribution >= 4 is 17.5 Å². The Kier molecular flexibility index (Phi) is 2.89. The van der Waals surface area contributed by atoms with Crippen LogP contribution in [0.3, 0.4) is 0 Å². The maximum absolute atomic E-state index is 12.0. The van der Waals surface area contributed by atoms with Crippen LogP contribution in [0.1, 0.15) is 37.0 Å². The molecule has 0 unspecified atom stereocenters. The molecule has 4 heteroatoms. The average molecular weight is 239 g/mol. The molecule has 1 aliphatic rings. The maximum Gasteiger partial charge on any atom is 0.254 e. The Hall–Kier alpha value is -1.09. The second kappa shape index (κ2) is 4.06. The fourth-order valence-electron chi connectivity index (χ4n) is 1.81. The van der Waals surface area contributed by atoms with Gasteiger partial charge in [0.2, 0.25) is 0 Å². The molecule has 1 fully saturated rings. The standard InChI is InChI=1S/C12H15ClN2O/c1-12(2,8-3-4-8)15-11(16)9-7-14-6-5-10(9)13/h5-8H,3-4H2,1-2H3,(H,15,16). The summed E-state index contributed by atoms with van der Waals surface area (Å²) in [5, 5.41) is 3.46. The molecule has 0 spiro atoms. The number of hydrogen-bond donors (Lipinski definition) is 1. The smallest absolute Gasteiger partial charge is 0.254 e. The largest absolute Gasteiger partial charge is 0.347 e. The van der Waals surface area contributed by atoms with Crippen LogP contribution in [0.25, 0.3) is 0 Å². The Labute approximate surface area is 100 Å². The van der Waals surface area contributed by atoms with E-state index in [4.69, 9.17) is 11.6 Å². The van der Waals surface area contributed by atoms with Gasteiger partial charge in [-0.15, -0.1) is 0 Å². The van der Waals surface area contributed by atoms with Crippen molar-refractivity contribution in [3.63, 3.8) is 0 Å². The molecule has 1 heterocycles. The maximum atomic E-state index is 12.0. The van der Waals surface area contributed by atoms with Gasteiger partial charge in [0.25, 0.3) is 5.91 Å². The van der Waals surface area contributed by atoms with Crippen molar-refractivity contribution in [2.75, 3.05) is 0 Å². The predicted octanol–water partition coefficient (Wildman–Crippen LogP) is 2.65. The van der Waals surface area contributed by atoms with Gasteiger partial charge in [-0.2, -0.15) is 0 Å². The zero-order valence-corrected chi connectivity index (χ0v) is 10.2. The van der Waals surface area contributed by atoms with Gasteiger partial charge in [0, 0.05) is 17.9 Å². The van der Waals surface area contributed by atoms with Crippen LogP contribution in [0.15, 0.2) is 18.5 Å². The summed E-state index contributed by atoms with van der Waals surface area (Å²) in [5.74, 6) is 0.446. The molecule has 16 heavy (non-hydrogen) atoms. The quantitative estimate of drug-likeness (QED) is 0.880. The number of hydrogen-bond acceptors (Lipinski definition) is 2. The molecule has 0 atom stereocenters.